The van der Waals surface area contributed by atoms with Gasteiger partial charge in [0.15, 0.2) is 0 Å². The van der Waals surface area contributed by atoms with Crippen LogP contribution in [0.4, 0.5) is 0 Å². The Bertz CT molecular complexity index is 551. The lowest BCUT2D eigenvalue weighted by atomic mass is 9.92. The molecule has 2 atom stereocenters. The summed E-state index contributed by atoms with van der Waals surface area (Å²) in [5, 5.41) is 0. The molecule has 6 heteroatoms. The molecule has 1 N–H and O–H groups in total. The molecule has 0 radical (unpaired) electrons. The van der Waals surface area contributed by atoms with Gasteiger partial charge in [0.1, 0.15) is 0 Å². The van der Waals surface area contributed by atoms with Crippen LogP contribution in [0.2, 0.25) is 0 Å². The Balaban J connectivity index is 2.03. The van der Waals surface area contributed by atoms with E-state index in [-0.39, 0.29) is 6.04 Å². The Morgan fingerprint density at radius 3 is 2.60 bits per heavy atom. The van der Waals surface area contributed by atoms with Crippen molar-refractivity contribution in [3.8, 4) is 0 Å². The van der Waals surface area contributed by atoms with Crippen LogP contribution in [0.25, 0.3) is 0 Å². The minimum Gasteiger partial charge on any atom is -0.296 e. The van der Waals surface area contributed by atoms with Gasteiger partial charge < -0.3 is 0 Å². The van der Waals surface area contributed by atoms with E-state index in [0.29, 0.717) is 11.8 Å². The number of nitrogens with zero attached hydrogens (tertiary/aromatic N) is 1. The lowest BCUT2D eigenvalue weighted by molar-refractivity contribution is 0.298. The molecule has 0 spiro atoms. The molecule has 0 amide bonds. The van der Waals surface area contributed by atoms with E-state index in [1.54, 1.807) is 0 Å². The zero-order valence-electron chi connectivity index (χ0n) is 12.6. The van der Waals surface area contributed by atoms with Crippen molar-refractivity contribution >= 4 is 21.4 Å². The van der Waals surface area contributed by atoms with Crippen molar-refractivity contribution in [3.05, 3.63) is 21.9 Å². The van der Waals surface area contributed by atoms with Crippen molar-refractivity contribution in [1.29, 1.82) is 0 Å². The molecule has 1 saturated heterocycles. The molecule has 0 aromatic carbocycles. The molecule has 1 aromatic heterocycles. The molecule has 0 aliphatic carbocycles. The number of hydrogen-bond acceptors (Lipinski definition) is 4. The number of hydrogen-bond donors (Lipinski definition) is 1. The molecule has 1 fully saturated rings. The Morgan fingerprint density at radius 2 is 2.10 bits per heavy atom. The first-order valence-electron chi connectivity index (χ1n) is 6.99. The summed E-state index contributed by atoms with van der Waals surface area (Å²) < 4.78 is 25.8. The summed E-state index contributed by atoms with van der Waals surface area (Å²) in [6, 6.07) is 4.34. The zero-order valence-corrected chi connectivity index (χ0v) is 14.2. The van der Waals surface area contributed by atoms with Crippen LogP contribution in [0.5, 0.6) is 0 Å². The lowest BCUT2D eigenvalue weighted by Gasteiger charge is -2.21. The molecule has 1 aromatic rings. The van der Waals surface area contributed by atoms with Gasteiger partial charge in [0.25, 0.3) is 0 Å². The van der Waals surface area contributed by atoms with E-state index in [1.807, 2.05) is 11.3 Å². The predicted molar refractivity (Wildman–Crippen MR) is 84.4 cm³/mol. The number of likely N-dealkylation sites (tertiary alicyclic amines) is 1. The predicted octanol–water partition coefficient (Wildman–Crippen LogP) is 2.06. The minimum absolute atomic E-state index is 0.0334. The maximum absolute atomic E-state index is 11.5. The van der Waals surface area contributed by atoms with Crippen molar-refractivity contribution in [2.45, 2.75) is 33.4 Å². The number of aryl methyl sites for hydroxylation is 1. The third-order valence-corrected chi connectivity index (χ3v) is 5.55. The molecule has 114 valence electrons. The zero-order chi connectivity index (χ0) is 14.9. The molecule has 2 heterocycles. The van der Waals surface area contributed by atoms with Crippen molar-refractivity contribution in [1.82, 2.24) is 9.62 Å². The van der Waals surface area contributed by atoms with Crippen LogP contribution < -0.4 is 4.72 Å². The molecule has 0 saturated carbocycles. The molecule has 20 heavy (non-hydrogen) atoms. The summed E-state index contributed by atoms with van der Waals surface area (Å²) in [7, 11) is -3.14. The van der Waals surface area contributed by atoms with Crippen LogP contribution in [0.15, 0.2) is 12.1 Å². The summed E-state index contributed by atoms with van der Waals surface area (Å²) in [5.74, 6) is 0.857. The number of thiophene rings is 1. The summed E-state index contributed by atoms with van der Waals surface area (Å²) >= 11 is 1.82. The fourth-order valence-electron chi connectivity index (χ4n) is 2.91. The van der Waals surface area contributed by atoms with Gasteiger partial charge in [-0.3, -0.25) is 4.90 Å². The monoisotopic (exact) mass is 316 g/mol. The van der Waals surface area contributed by atoms with Crippen molar-refractivity contribution in [2.24, 2.45) is 11.8 Å². The van der Waals surface area contributed by atoms with Gasteiger partial charge in [-0.05, 0) is 30.9 Å². The maximum Gasteiger partial charge on any atom is 0.209 e. The van der Waals surface area contributed by atoms with Gasteiger partial charge in [-0.2, -0.15) is 0 Å². The Labute approximate surface area is 126 Å². The first-order valence-corrected chi connectivity index (χ1v) is 9.70. The summed E-state index contributed by atoms with van der Waals surface area (Å²) in [6.45, 7) is 9.13. The molecule has 0 bridgehead atoms. The fraction of sp³-hybridized carbons (Fsp3) is 0.714. The van der Waals surface area contributed by atoms with Gasteiger partial charge in [-0.25, -0.2) is 13.1 Å². The Kier molecular flexibility index (Phi) is 4.89. The van der Waals surface area contributed by atoms with Gasteiger partial charge in [-0.1, -0.05) is 13.8 Å². The molecule has 1 aliphatic heterocycles. The molecule has 0 unspecified atom stereocenters. The van der Waals surface area contributed by atoms with Crippen molar-refractivity contribution in [3.63, 3.8) is 0 Å². The van der Waals surface area contributed by atoms with E-state index < -0.39 is 10.0 Å². The molecule has 4 nitrogen and oxygen atoms in total. The molecule has 1 aliphatic rings. The van der Waals surface area contributed by atoms with Crippen molar-refractivity contribution in [2.75, 3.05) is 19.3 Å². The van der Waals surface area contributed by atoms with Crippen LogP contribution in [-0.4, -0.2) is 38.7 Å². The van der Waals surface area contributed by atoms with Gasteiger partial charge in [-0.15, -0.1) is 11.3 Å². The first-order chi connectivity index (χ1) is 9.24. The fourth-order valence-corrected chi connectivity index (χ4v) is 4.64. The van der Waals surface area contributed by atoms with E-state index in [0.717, 1.165) is 19.6 Å². The SMILES string of the molecule is Cc1ccc(CN2C[C@H](NS(C)(=O)=O)[C@@H](C(C)C)C2)s1. The number of sulfonamides is 1. The minimum atomic E-state index is -3.14. The van der Waals surface area contributed by atoms with E-state index in [4.69, 9.17) is 0 Å². The molecular weight excluding hydrogens is 292 g/mol. The van der Waals surface area contributed by atoms with E-state index in [1.165, 1.54) is 16.0 Å². The van der Waals surface area contributed by atoms with E-state index >= 15 is 0 Å². The topological polar surface area (TPSA) is 49.4 Å². The second-order valence-electron chi connectivity index (χ2n) is 6.11. The van der Waals surface area contributed by atoms with Crippen LogP contribution in [0.3, 0.4) is 0 Å². The van der Waals surface area contributed by atoms with Crippen LogP contribution in [0, 0.1) is 18.8 Å². The smallest absolute Gasteiger partial charge is 0.209 e. The highest BCUT2D eigenvalue weighted by atomic mass is 32.2. The summed E-state index contributed by atoms with van der Waals surface area (Å²) in [5.41, 5.74) is 0. The summed E-state index contributed by atoms with van der Waals surface area (Å²) in [6.07, 6.45) is 1.25. The van der Waals surface area contributed by atoms with Crippen LogP contribution in [-0.2, 0) is 16.6 Å². The Hall–Kier alpha value is -0.430. The largest absolute Gasteiger partial charge is 0.296 e. The third kappa shape index (κ3) is 4.28. The van der Waals surface area contributed by atoms with Gasteiger partial charge in [0.05, 0.1) is 6.26 Å². The first kappa shape index (κ1) is 15.9. The van der Waals surface area contributed by atoms with Gasteiger partial charge in [0, 0.05) is 35.4 Å². The van der Waals surface area contributed by atoms with Gasteiger partial charge >= 0.3 is 0 Å². The number of nitrogens with one attached hydrogen (secondary N) is 1. The Morgan fingerprint density at radius 1 is 1.40 bits per heavy atom. The molecular formula is C14H24N2O2S2. The van der Waals surface area contributed by atoms with E-state index in [9.17, 15) is 8.42 Å². The standard InChI is InChI=1S/C14H24N2O2S2/c1-10(2)13-8-16(7-12-6-5-11(3)19-12)9-14(13)15-20(4,17)18/h5-6,10,13-15H,7-9H2,1-4H3/t13-,14+/m1/s1. The highest BCUT2D eigenvalue weighted by Gasteiger charge is 2.36. The average molecular weight is 316 g/mol. The maximum atomic E-state index is 11.5. The third-order valence-electron chi connectivity index (χ3n) is 3.84. The second-order valence-corrected chi connectivity index (χ2v) is 9.26. The van der Waals surface area contributed by atoms with Crippen molar-refractivity contribution < 1.29 is 8.42 Å². The quantitative estimate of drug-likeness (QED) is 0.904. The summed E-state index contributed by atoms with van der Waals surface area (Å²) in [4.78, 5) is 5.04. The van der Waals surface area contributed by atoms with Gasteiger partial charge in [0.2, 0.25) is 10.0 Å². The number of rotatable bonds is 5. The second kappa shape index (κ2) is 6.13. The molecule has 2 rings (SSSR count). The average Bonchev–Trinajstić information content (AvgIpc) is 2.84. The highest BCUT2D eigenvalue weighted by molar-refractivity contribution is 7.88. The van der Waals surface area contributed by atoms with E-state index in [2.05, 4.69) is 42.5 Å². The normalized spacial score (nSPS) is 24.6. The van der Waals surface area contributed by atoms with Crippen LogP contribution in [0.1, 0.15) is 23.6 Å². The highest BCUT2D eigenvalue weighted by Crippen LogP contribution is 2.27. The lowest BCUT2D eigenvalue weighted by Crippen LogP contribution is -2.41. The van der Waals surface area contributed by atoms with Crippen LogP contribution >= 0.6 is 11.3 Å².